The normalized spacial score (nSPS) is 14.5. The predicted octanol–water partition coefficient (Wildman–Crippen LogP) is 1.78. The highest BCUT2D eigenvalue weighted by Crippen LogP contribution is 2.36. The molecule has 0 bridgehead atoms. The van der Waals surface area contributed by atoms with Crippen molar-refractivity contribution in [2.45, 2.75) is 19.9 Å². The third-order valence-corrected chi connectivity index (χ3v) is 4.43. The number of carbonyl (C=O) groups excluding carboxylic acids is 2. The summed E-state index contributed by atoms with van der Waals surface area (Å²) in [5, 5.41) is 0. The first-order valence-electron chi connectivity index (χ1n) is 8.96. The maximum atomic E-state index is 13.2. The second-order valence-corrected chi connectivity index (χ2v) is 6.47. The average Bonchev–Trinajstić information content (AvgIpc) is 2.92. The van der Waals surface area contributed by atoms with Gasteiger partial charge in [0.15, 0.2) is 0 Å². The number of nitrogens with zero attached hydrogens (tertiary/aromatic N) is 2. The number of ether oxygens (including phenoxy) is 3. The molecule has 2 amide bonds. The minimum Gasteiger partial charge on any atom is -0.496 e. The number of hydrogen-bond donors (Lipinski definition) is 0. The van der Waals surface area contributed by atoms with Crippen molar-refractivity contribution in [2.24, 2.45) is 0 Å². The van der Waals surface area contributed by atoms with Crippen LogP contribution in [0.25, 0.3) is 5.57 Å². The first-order chi connectivity index (χ1) is 13.0. The van der Waals surface area contributed by atoms with E-state index in [1.54, 1.807) is 33.5 Å². The van der Waals surface area contributed by atoms with Crippen LogP contribution in [0.5, 0.6) is 5.75 Å². The van der Waals surface area contributed by atoms with Crippen LogP contribution in [0.3, 0.4) is 0 Å². The Morgan fingerprint density at radius 3 is 2.07 bits per heavy atom. The zero-order valence-electron chi connectivity index (χ0n) is 16.7. The average molecular weight is 376 g/mol. The number of carbonyl (C=O) groups is 2. The van der Waals surface area contributed by atoms with Gasteiger partial charge in [-0.1, -0.05) is 18.2 Å². The molecular formula is C20H28N2O5. The van der Waals surface area contributed by atoms with Crippen LogP contribution < -0.4 is 4.74 Å². The summed E-state index contributed by atoms with van der Waals surface area (Å²) >= 11 is 0. The summed E-state index contributed by atoms with van der Waals surface area (Å²) in [6.45, 7) is 5.45. The second kappa shape index (κ2) is 9.53. The van der Waals surface area contributed by atoms with Crippen molar-refractivity contribution in [1.29, 1.82) is 0 Å². The molecule has 7 heteroatoms. The van der Waals surface area contributed by atoms with Gasteiger partial charge in [0.1, 0.15) is 11.4 Å². The number of amides is 2. The van der Waals surface area contributed by atoms with Crippen molar-refractivity contribution in [3.8, 4) is 5.75 Å². The van der Waals surface area contributed by atoms with Crippen molar-refractivity contribution in [2.75, 3.05) is 47.6 Å². The Balaban J connectivity index is 2.63. The maximum absolute atomic E-state index is 13.2. The van der Waals surface area contributed by atoms with Crippen molar-refractivity contribution < 1.29 is 23.8 Å². The minimum atomic E-state index is -0.311. The summed E-state index contributed by atoms with van der Waals surface area (Å²) < 4.78 is 15.8. The van der Waals surface area contributed by atoms with Crippen LogP contribution in [0.1, 0.15) is 19.4 Å². The van der Waals surface area contributed by atoms with Gasteiger partial charge in [0, 0.05) is 38.9 Å². The quantitative estimate of drug-likeness (QED) is 0.580. The lowest BCUT2D eigenvalue weighted by molar-refractivity contribution is -0.139. The zero-order valence-corrected chi connectivity index (χ0v) is 16.7. The Morgan fingerprint density at radius 1 is 0.963 bits per heavy atom. The summed E-state index contributed by atoms with van der Waals surface area (Å²) in [7, 11) is 4.76. The lowest BCUT2D eigenvalue weighted by Gasteiger charge is -2.26. The van der Waals surface area contributed by atoms with Crippen LogP contribution in [0, 0.1) is 0 Å². The standard InChI is InChI=1S/C20H28N2O5/c1-14(2)22-19(23)17(15-8-6-7-9-16(15)27-5)18(20(22)24)21(10-12-25-3)11-13-26-4/h6-9,14H,10-13H2,1-5H3. The van der Waals surface area contributed by atoms with E-state index < -0.39 is 0 Å². The van der Waals surface area contributed by atoms with Gasteiger partial charge in [0.25, 0.3) is 11.8 Å². The summed E-state index contributed by atoms with van der Waals surface area (Å²) in [5.41, 5.74) is 1.34. The molecule has 148 valence electrons. The number of para-hydroxylation sites is 1. The SMILES string of the molecule is COCCN(CCOC)C1=C(c2ccccc2OC)C(=O)N(C(C)C)C1=O. The molecule has 1 aromatic carbocycles. The number of benzene rings is 1. The Labute approximate surface area is 160 Å². The molecule has 0 aliphatic carbocycles. The van der Waals surface area contributed by atoms with Gasteiger partial charge in [-0.15, -0.1) is 0 Å². The molecule has 0 saturated heterocycles. The van der Waals surface area contributed by atoms with Crippen molar-refractivity contribution in [1.82, 2.24) is 9.80 Å². The van der Waals surface area contributed by atoms with Crippen LogP contribution in [0.15, 0.2) is 30.0 Å². The van der Waals surface area contributed by atoms with E-state index in [-0.39, 0.29) is 17.9 Å². The fourth-order valence-electron chi connectivity index (χ4n) is 3.13. The molecule has 0 aromatic heterocycles. The summed E-state index contributed by atoms with van der Waals surface area (Å²) in [4.78, 5) is 29.5. The molecule has 1 aliphatic heterocycles. The monoisotopic (exact) mass is 376 g/mol. The molecule has 27 heavy (non-hydrogen) atoms. The number of hydrogen-bond acceptors (Lipinski definition) is 6. The molecule has 1 heterocycles. The Morgan fingerprint density at radius 2 is 1.56 bits per heavy atom. The van der Waals surface area contributed by atoms with E-state index in [1.165, 1.54) is 4.90 Å². The van der Waals surface area contributed by atoms with Gasteiger partial charge in [-0.25, -0.2) is 0 Å². The highest BCUT2D eigenvalue weighted by molar-refractivity contribution is 6.36. The van der Waals surface area contributed by atoms with E-state index in [9.17, 15) is 9.59 Å². The van der Waals surface area contributed by atoms with Crippen LogP contribution >= 0.6 is 0 Å². The maximum Gasteiger partial charge on any atom is 0.278 e. The predicted molar refractivity (Wildman–Crippen MR) is 102 cm³/mol. The van der Waals surface area contributed by atoms with E-state index in [1.807, 2.05) is 30.9 Å². The van der Waals surface area contributed by atoms with Gasteiger partial charge < -0.3 is 19.1 Å². The number of rotatable bonds is 10. The third-order valence-electron chi connectivity index (χ3n) is 4.43. The number of methoxy groups -OCH3 is 3. The van der Waals surface area contributed by atoms with Gasteiger partial charge in [-0.05, 0) is 19.9 Å². The van der Waals surface area contributed by atoms with E-state index in [0.717, 1.165) is 0 Å². The fraction of sp³-hybridized carbons (Fsp3) is 0.500. The summed E-state index contributed by atoms with van der Waals surface area (Å²) in [5.74, 6) is -0.0624. The summed E-state index contributed by atoms with van der Waals surface area (Å²) in [6.07, 6.45) is 0. The smallest absolute Gasteiger partial charge is 0.278 e. The third kappa shape index (κ3) is 4.31. The molecule has 1 aromatic rings. The van der Waals surface area contributed by atoms with E-state index in [0.29, 0.717) is 48.9 Å². The lowest BCUT2D eigenvalue weighted by Crippen LogP contribution is -2.40. The molecule has 0 spiro atoms. The molecule has 0 radical (unpaired) electrons. The Kier molecular flexibility index (Phi) is 7.38. The van der Waals surface area contributed by atoms with Gasteiger partial charge >= 0.3 is 0 Å². The number of imide groups is 1. The molecule has 0 unspecified atom stereocenters. The van der Waals surface area contributed by atoms with Crippen LogP contribution in [0.2, 0.25) is 0 Å². The highest BCUT2D eigenvalue weighted by atomic mass is 16.5. The van der Waals surface area contributed by atoms with Crippen LogP contribution in [0.4, 0.5) is 0 Å². The van der Waals surface area contributed by atoms with Gasteiger partial charge in [-0.3, -0.25) is 14.5 Å². The van der Waals surface area contributed by atoms with Crippen LogP contribution in [-0.4, -0.2) is 75.3 Å². The topological polar surface area (TPSA) is 68.3 Å². The lowest BCUT2D eigenvalue weighted by atomic mass is 10.0. The molecule has 0 saturated carbocycles. The van der Waals surface area contributed by atoms with Gasteiger partial charge in [0.2, 0.25) is 0 Å². The van der Waals surface area contributed by atoms with Crippen molar-refractivity contribution in [3.05, 3.63) is 35.5 Å². The first kappa shape index (κ1) is 20.9. The second-order valence-electron chi connectivity index (χ2n) is 6.47. The Hall–Kier alpha value is -2.38. The van der Waals surface area contributed by atoms with E-state index in [4.69, 9.17) is 14.2 Å². The molecule has 0 atom stereocenters. The summed E-state index contributed by atoms with van der Waals surface area (Å²) in [6, 6.07) is 6.99. The van der Waals surface area contributed by atoms with Crippen LogP contribution in [-0.2, 0) is 19.1 Å². The van der Waals surface area contributed by atoms with E-state index >= 15 is 0 Å². The van der Waals surface area contributed by atoms with E-state index in [2.05, 4.69) is 0 Å². The highest BCUT2D eigenvalue weighted by Gasteiger charge is 2.43. The molecular weight excluding hydrogens is 348 g/mol. The first-order valence-corrected chi connectivity index (χ1v) is 8.96. The molecule has 2 rings (SSSR count). The van der Waals surface area contributed by atoms with Crippen molar-refractivity contribution >= 4 is 17.4 Å². The Bertz CT molecular complexity index is 706. The minimum absolute atomic E-state index is 0.251. The molecule has 7 nitrogen and oxygen atoms in total. The molecule has 0 N–H and O–H groups in total. The molecule has 1 aliphatic rings. The zero-order chi connectivity index (χ0) is 20.0. The molecule has 0 fully saturated rings. The van der Waals surface area contributed by atoms with Crippen molar-refractivity contribution in [3.63, 3.8) is 0 Å². The fourth-order valence-corrected chi connectivity index (χ4v) is 3.13. The van der Waals surface area contributed by atoms with Gasteiger partial charge in [0.05, 0.1) is 25.9 Å². The largest absolute Gasteiger partial charge is 0.496 e. The van der Waals surface area contributed by atoms with Gasteiger partial charge in [-0.2, -0.15) is 0 Å².